The Balaban J connectivity index is 2.46. The van der Waals surface area contributed by atoms with E-state index in [1.165, 1.54) is 0 Å². The fourth-order valence-electron chi connectivity index (χ4n) is 1.74. The van der Waals surface area contributed by atoms with Gasteiger partial charge in [-0.1, -0.05) is 12.1 Å². The van der Waals surface area contributed by atoms with Gasteiger partial charge in [-0.3, -0.25) is 0 Å². The third kappa shape index (κ3) is 1.95. The maximum atomic E-state index is 11.9. The van der Waals surface area contributed by atoms with Gasteiger partial charge in [0.1, 0.15) is 11.1 Å². The molecule has 82 valence electrons. The standard InChI is InChI=1S/C11H11N3OS/c1-8-9-4-2-3-5-10(9)13-11(14(8)15)6-16-7-12/h2-5,11,14H,6H2,1H3. The van der Waals surface area contributed by atoms with Crippen LogP contribution < -0.4 is 15.6 Å². The Labute approximate surface area is 97.5 Å². The van der Waals surface area contributed by atoms with Crippen LogP contribution in [0.25, 0.3) is 5.70 Å². The van der Waals surface area contributed by atoms with E-state index in [9.17, 15) is 5.21 Å². The van der Waals surface area contributed by atoms with Crippen molar-refractivity contribution in [2.45, 2.75) is 13.1 Å². The van der Waals surface area contributed by atoms with E-state index in [1.807, 2.05) is 36.6 Å². The summed E-state index contributed by atoms with van der Waals surface area (Å²) in [5.41, 5.74) is 0.745. The van der Waals surface area contributed by atoms with E-state index in [0.29, 0.717) is 5.75 Å². The predicted octanol–water partition coefficient (Wildman–Crippen LogP) is -0.629. The summed E-state index contributed by atoms with van der Waals surface area (Å²) in [6.45, 7) is 1.82. The number of thiocyanates is 1. The monoisotopic (exact) mass is 233 g/mol. The first-order valence-electron chi connectivity index (χ1n) is 4.93. The van der Waals surface area contributed by atoms with E-state index in [2.05, 4.69) is 4.99 Å². The molecule has 1 aliphatic heterocycles. The minimum Gasteiger partial charge on any atom is -0.627 e. The molecule has 2 unspecified atom stereocenters. The van der Waals surface area contributed by atoms with Crippen molar-refractivity contribution >= 4 is 17.5 Å². The van der Waals surface area contributed by atoms with Gasteiger partial charge in [-0.15, -0.1) is 0 Å². The lowest BCUT2D eigenvalue weighted by molar-refractivity contribution is -0.798. The number of hydroxylamine groups is 2. The molecule has 0 aromatic heterocycles. The second-order valence-electron chi connectivity index (χ2n) is 3.55. The van der Waals surface area contributed by atoms with Gasteiger partial charge >= 0.3 is 0 Å². The second kappa shape index (κ2) is 4.66. The molecule has 0 aliphatic carbocycles. The smallest absolute Gasteiger partial charge is 0.195 e. The normalized spacial score (nSPS) is 23.2. The maximum absolute atomic E-state index is 11.9. The summed E-state index contributed by atoms with van der Waals surface area (Å²) >= 11 is 1.07. The van der Waals surface area contributed by atoms with Crippen LogP contribution in [0, 0.1) is 15.9 Å². The Morgan fingerprint density at radius 1 is 1.56 bits per heavy atom. The van der Waals surface area contributed by atoms with Crippen molar-refractivity contribution in [1.82, 2.24) is 0 Å². The number of thioether (sulfide) groups is 1. The van der Waals surface area contributed by atoms with Gasteiger partial charge in [-0.25, -0.2) is 4.99 Å². The first kappa shape index (κ1) is 11.1. The Hall–Kier alpha value is -1.35. The molecular weight excluding hydrogens is 222 g/mol. The summed E-state index contributed by atoms with van der Waals surface area (Å²) in [6, 6.07) is 7.60. The lowest BCUT2D eigenvalue weighted by Crippen LogP contribution is -3.10. The van der Waals surface area contributed by atoms with E-state index in [0.717, 1.165) is 28.0 Å². The third-order valence-corrected chi connectivity index (χ3v) is 3.19. The van der Waals surface area contributed by atoms with Gasteiger partial charge in [0.25, 0.3) is 0 Å². The number of hydrogen-bond donors (Lipinski definition) is 1. The van der Waals surface area contributed by atoms with Gasteiger partial charge in [-0.2, -0.15) is 5.26 Å². The Morgan fingerprint density at radius 2 is 2.31 bits per heavy atom. The average molecular weight is 233 g/mol. The quantitative estimate of drug-likeness (QED) is 0.546. The summed E-state index contributed by atoms with van der Waals surface area (Å²) in [7, 11) is 0. The first-order chi connectivity index (χ1) is 7.74. The first-order valence-corrected chi connectivity index (χ1v) is 5.91. The van der Waals surface area contributed by atoms with Gasteiger partial charge in [-0.05, 0) is 23.9 Å². The van der Waals surface area contributed by atoms with Crippen molar-refractivity contribution in [2.24, 2.45) is 4.99 Å². The van der Waals surface area contributed by atoms with Crippen LogP contribution in [0.4, 0.5) is 0 Å². The third-order valence-electron chi connectivity index (χ3n) is 2.58. The zero-order chi connectivity index (χ0) is 11.5. The molecule has 1 N–H and O–H groups in total. The van der Waals surface area contributed by atoms with Gasteiger partial charge < -0.3 is 10.3 Å². The molecule has 1 aromatic rings. The van der Waals surface area contributed by atoms with Crippen LogP contribution in [-0.4, -0.2) is 11.9 Å². The van der Waals surface area contributed by atoms with Crippen molar-refractivity contribution in [3.63, 3.8) is 0 Å². The molecule has 0 spiro atoms. The number of nitriles is 1. The van der Waals surface area contributed by atoms with Crippen LogP contribution in [0.1, 0.15) is 6.92 Å². The summed E-state index contributed by atoms with van der Waals surface area (Å²) in [4.78, 5) is 4.37. The summed E-state index contributed by atoms with van der Waals surface area (Å²) in [5, 5.41) is 24.2. The molecule has 1 heterocycles. The van der Waals surface area contributed by atoms with Crippen LogP contribution in [-0.2, 0) is 0 Å². The molecule has 0 saturated heterocycles. The van der Waals surface area contributed by atoms with Gasteiger partial charge in [0.15, 0.2) is 6.17 Å². The number of fused-ring (bicyclic) bond motifs is 1. The number of nitrogens with one attached hydrogen (secondary N) is 1. The highest BCUT2D eigenvalue weighted by molar-refractivity contribution is 8.03. The topological polar surface area (TPSA) is 63.6 Å². The molecule has 4 nitrogen and oxygen atoms in total. The van der Waals surface area contributed by atoms with E-state index in [4.69, 9.17) is 5.26 Å². The van der Waals surface area contributed by atoms with Crippen LogP contribution in [0.15, 0.2) is 29.3 Å². The Bertz CT molecular complexity index is 549. The zero-order valence-corrected chi connectivity index (χ0v) is 9.62. The second-order valence-corrected chi connectivity index (χ2v) is 4.36. The zero-order valence-electron chi connectivity index (χ0n) is 8.80. The Morgan fingerprint density at radius 3 is 3.06 bits per heavy atom. The van der Waals surface area contributed by atoms with E-state index < -0.39 is 6.17 Å². The number of para-hydroxylation sites is 1. The van der Waals surface area contributed by atoms with Gasteiger partial charge in [0.2, 0.25) is 0 Å². The van der Waals surface area contributed by atoms with Crippen LogP contribution in [0.3, 0.4) is 0 Å². The molecule has 1 aliphatic rings. The molecule has 0 radical (unpaired) electrons. The number of hydrogen-bond acceptors (Lipinski definition) is 4. The average Bonchev–Trinajstić information content (AvgIpc) is 2.32. The summed E-state index contributed by atoms with van der Waals surface area (Å²) in [6.07, 6.45) is -0.403. The highest BCUT2D eigenvalue weighted by Crippen LogP contribution is 2.00. The van der Waals surface area contributed by atoms with Crippen LogP contribution in [0.5, 0.6) is 0 Å². The van der Waals surface area contributed by atoms with Crippen LogP contribution >= 0.6 is 11.8 Å². The lowest BCUT2D eigenvalue weighted by atomic mass is 10.2. The molecule has 5 heteroatoms. The molecule has 2 atom stereocenters. The van der Waals surface area contributed by atoms with Crippen LogP contribution in [0.2, 0.25) is 0 Å². The SMILES string of the molecule is CC1=c2ccccc2=NC(CSC#N)[NH+]1[O-]. The number of quaternary nitrogens is 1. The fourth-order valence-corrected chi connectivity index (χ4v) is 2.20. The Kier molecular flexibility index (Phi) is 3.25. The minimum absolute atomic E-state index is 0.0291. The molecule has 0 bridgehead atoms. The molecule has 2 rings (SSSR count). The van der Waals surface area contributed by atoms with Crippen molar-refractivity contribution in [3.05, 3.63) is 40.0 Å². The van der Waals surface area contributed by atoms with Crippen molar-refractivity contribution in [2.75, 3.05) is 5.75 Å². The highest BCUT2D eigenvalue weighted by Gasteiger charge is 2.20. The van der Waals surface area contributed by atoms with Gasteiger partial charge in [0.05, 0.1) is 16.3 Å². The molecule has 1 aromatic carbocycles. The minimum atomic E-state index is -0.403. The predicted molar refractivity (Wildman–Crippen MR) is 62.5 cm³/mol. The lowest BCUT2D eigenvalue weighted by Gasteiger charge is -2.30. The molecule has 0 saturated carbocycles. The van der Waals surface area contributed by atoms with Crippen molar-refractivity contribution in [1.29, 1.82) is 5.26 Å². The maximum Gasteiger partial charge on any atom is 0.195 e. The molecule has 16 heavy (non-hydrogen) atoms. The number of rotatable bonds is 2. The highest BCUT2D eigenvalue weighted by atomic mass is 32.2. The van der Waals surface area contributed by atoms with E-state index >= 15 is 0 Å². The van der Waals surface area contributed by atoms with Crippen molar-refractivity contribution < 1.29 is 5.06 Å². The molecule has 0 amide bonds. The summed E-state index contributed by atoms with van der Waals surface area (Å²) < 4.78 is 0. The number of nitrogens with zero attached hydrogens (tertiary/aromatic N) is 2. The fraction of sp³-hybridized carbons (Fsp3) is 0.273. The van der Waals surface area contributed by atoms with E-state index in [1.54, 1.807) is 0 Å². The van der Waals surface area contributed by atoms with Gasteiger partial charge in [0, 0.05) is 6.92 Å². The molecular formula is C11H11N3OS. The van der Waals surface area contributed by atoms with Crippen molar-refractivity contribution in [3.8, 4) is 5.40 Å². The number of benzene rings is 1. The molecule has 0 fully saturated rings. The van der Waals surface area contributed by atoms with E-state index in [-0.39, 0.29) is 5.06 Å². The largest absolute Gasteiger partial charge is 0.627 e. The summed E-state index contributed by atoms with van der Waals surface area (Å²) in [5.74, 6) is 0.432.